The Labute approximate surface area is 102 Å². The molecule has 4 heteroatoms. The highest BCUT2D eigenvalue weighted by Crippen LogP contribution is 2.24. The first-order valence-electron chi connectivity index (χ1n) is 5.68. The van der Waals surface area contributed by atoms with E-state index in [1.165, 1.54) is 0 Å². The summed E-state index contributed by atoms with van der Waals surface area (Å²) in [6.07, 6.45) is 0.822. The van der Waals surface area contributed by atoms with E-state index in [1.54, 1.807) is 14.2 Å². The fourth-order valence-electron chi connectivity index (χ4n) is 1.84. The van der Waals surface area contributed by atoms with Crippen molar-refractivity contribution < 1.29 is 14.6 Å². The maximum absolute atomic E-state index is 11.2. The molecule has 4 nitrogen and oxygen atoms in total. The molecule has 17 heavy (non-hydrogen) atoms. The van der Waals surface area contributed by atoms with Crippen LogP contribution in [0.5, 0.6) is 5.75 Å². The van der Waals surface area contributed by atoms with Gasteiger partial charge in [0.25, 0.3) is 0 Å². The van der Waals surface area contributed by atoms with Crippen molar-refractivity contribution in [1.82, 2.24) is 5.32 Å². The van der Waals surface area contributed by atoms with Gasteiger partial charge in [0.05, 0.1) is 13.0 Å². The van der Waals surface area contributed by atoms with E-state index in [2.05, 4.69) is 5.32 Å². The van der Waals surface area contributed by atoms with E-state index in [0.717, 1.165) is 23.3 Å². The summed E-state index contributed by atoms with van der Waals surface area (Å²) in [5.41, 5.74) is 1.84. The Balaban J connectivity index is 3.08. The molecule has 1 rings (SSSR count). The predicted octanol–water partition coefficient (Wildman–Crippen LogP) is 1.65. The number of carboxylic acids is 1. The number of methoxy groups -OCH3 is 1. The van der Waals surface area contributed by atoms with Gasteiger partial charge >= 0.3 is 5.97 Å². The van der Waals surface area contributed by atoms with Crippen LogP contribution >= 0.6 is 0 Å². The minimum absolute atomic E-state index is 0.421. The Kier molecular flexibility index (Phi) is 4.97. The van der Waals surface area contributed by atoms with E-state index in [0.29, 0.717) is 6.54 Å². The SMILES string of the molecule is CCc1cc(C(CNC)C(=O)O)ccc1OC. The normalized spacial score (nSPS) is 12.2. The first kappa shape index (κ1) is 13.5. The van der Waals surface area contributed by atoms with Gasteiger partial charge in [0.2, 0.25) is 0 Å². The number of benzene rings is 1. The lowest BCUT2D eigenvalue weighted by molar-refractivity contribution is -0.138. The fraction of sp³-hybridized carbons (Fsp3) is 0.462. The van der Waals surface area contributed by atoms with Gasteiger partial charge in [-0.15, -0.1) is 0 Å². The van der Waals surface area contributed by atoms with Crippen molar-refractivity contribution in [2.24, 2.45) is 0 Å². The zero-order valence-corrected chi connectivity index (χ0v) is 10.5. The summed E-state index contributed by atoms with van der Waals surface area (Å²) in [5.74, 6) is -0.521. The van der Waals surface area contributed by atoms with Gasteiger partial charge in [-0.3, -0.25) is 4.79 Å². The minimum Gasteiger partial charge on any atom is -0.496 e. The van der Waals surface area contributed by atoms with Crippen molar-refractivity contribution in [1.29, 1.82) is 0 Å². The first-order chi connectivity index (χ1) is 8.13. The number of hydrogen-bond acceptors (Lipinski definition) is 3. The molecular weight excluding hydrogens is 218 g/mol. The van der Waals surface area contributed by atoms with Crippen molar-refractivity contribution in [3.8, 4) is 5.75 Å². The number of aliphatic carboxylic acids is 1. The smallest absolute Gasteiger partial charge is 0.312 e. The van der Waals surface area contributed by atoms with E-state index in [1.807, 2.05) is 25.1 Å². The van der Waals surface area contributed by atoms with Crippen molar-refractivity contribution in [3.63, 3.8) is 0 Å². The molecule has 1 aromatic rings. The molecule has 0 saturated carbocycles. The van der Waals surface area contributed by atoms with Crippen LogP contribution in [0, 0.1) is 0 Å². The number of ether oxygens (including phenoxy) is 1. The molecule has 0 amide bonds. The second-order valence-corrected chi connectivity index (χ2v) is 3.87. The number of carbonyl (C=O) groups is 1. The molecule has 0 aliphatic heterocycles. The molecule has 94 valence electrons. The lowest BCUT2D eigenvalue weighted by atomic mass is 9.96. The second-order valence-electron chi connectivity index (χ2n) is 3.87. The van der Waals surface area contributed by atoms with E-state index in [4.69, 9.17) is 4.74 Å². The number of rotatable bonds is 6. The fourth-order valence-corrected chi connectivity index (χ4v) is 1.84. The largest absolute Gasteiger partial charge is 0.496 e. The average molecular weight is 237 g/mol. The average Bonchev–Trinajstić information content (AvgIpc) is 2.34. The molecule has 2 N–H and O–H groups in total. The standard InChI is InChI=1S/C13H19NO3/c1-4-9-7-10(5-6-12(9)17-3)11(8-14-2)13(15)16/h5-7,11,14H,4,8H2,1-3H3,(H,15,16). The highest BCUT2D eigenvalue weighted by atomic mass is 16.5. The number of likely N-dealkylation sites (N-methyl/N-ethyl adjacent to an activating group) is 1. The molecule has 1 aromatic carbocycles. The molecule has 0 aromatic heterocycles. The minimum atomic E-state index is -0.813. The number of aryl methyl sites for hydroxylation is 1. The van der Waals surface area contributed by atoms with E-state index in [9.17, 15) is 9.90 Å². The Morgan fingerprint density at radius 2 is 2.24 bits per heavy atom. The number of hydrogen-bond donors (Lipinski definition) is 2. The molecule has 0 radical (unpaired) electrons. The van der Waals surface area contributed by atoms with Crippen LogP contribution in [0.1, 0.15) is 24.0 Å². The van der Waals surface area contributed by atoms with E-state index in [-0.39, 0.29) is 0 Å². The summed E-state index contributed by atoms with van der Waals surface area (Å²) in [6, 6.07) is 5.56. The van der Waals surface area contributed by atoms with Gasteiger partial charge in [-0.2, -0.15) is 0 Å². The van der Waals surface area contributed by atoms with Crippen LogP contribution < -0.4 is 10.1 Å². The van der Waals surface area contributed by atoms with Gasteiger partial charge in [-0.1, -0.05) is 19.1 Å². The number of nitrogens with one attached hydrogen (secondary N) is 1. The van der Waals surface area contributed by atoms with Gasteiger partial charge < -0.3 is 15.2 Å². The Morgan fingerprint density at radius 3 is 2.71 bits per heavy atom. The maximum atomic E-state index is 11.2. The molecule has 1 atom stereocenters. The maximum Gasteiger partial charge on any atom is 0.312 e. The third kappa shape index (κ3) is 3.20. The third-order valence-corrected chi connectivity index (χ3v) is 2.79. The number of carboxylic acid groups (broad SMARTS) is 1. The summed E-state index contributed by atoms with van der Waals surface area (Å²) in [4.78, 5) is 11.2. The van der Waals surface area contributed by atoms with Crippen molar-refractivity contribution in [2.45, 2.75) is 19.3 Å². The lowest BCUT2D eigenvalue weighted by Crippen LogP contribution is -2.24. The Bertz CT molecular complexity index is 390. The van der Waals surface area contributed by atoms with Crippen LogP contribution in [0.3, 0.4) is 0 Å². The second kappa shape index (κ2) is 6.25. The van der Waals surface area contributed by atoms with Crippen molar-refractivity contribution >= 4 is 5.97 Å². The molecule has 0 bridgehead atoms. The highest BCUT2D eigenvalue weighted by Gasteiger charge is 2.19. The zero-order chi connectivity index (χ0) is 12.8. The van der Waals surface area contributed by atoms with E-state index >= 15 is 0 Å². The van der Waals surface area contributed by atoms with Crippen molar-refractivity contribution in [3.05, 3.63) is 29.3 Å². The topological polar surface area (TPSA) is 58.6 Å². The molecule has 0 fully saturated rings. The van der Waals surface area contributed by atoms with Gasteiger partial charge in [-0.25, -0.2) is 0 Å². The van der Waals surface area contributed by atoms with Crippen LogP contribution in [0.15, 0.2) is 18.2 Å². The first-order valence-corrected chi connectivity index (χ1v) is 5.68. The highest BCUT2D eigenvalue weighted by molar-refractivity contribution is 5.76. The summed E-state index contributed by atoms with van der Waals surface area (Å²) in [5, 5.41) is 12.1. The molecule has 1 unspecified atom stereocenters. The molecule has 0 aliphatic carbocycles. The quantitative estimate of drug-likeness (QED) is 0.789. The van der Waals surface area contributed by atoms with Crippen LogP contribution in [0.2, 0.25) is 0 Å². The zero-order valence-electron chi connectivity index (χ0n) is 10.5. The summed E-state index contributed by atoms with van der Waals surface area (Å²) in [7, 11) is 3.37. The van der Waals surface area contributed by atoms with Crippen LogP contribution in [0.4, 0.5) is 0 Å². The monoisotopic (exact) mass is 237 g/mol. The summed E-state index contributed by atoms with van der Waals surface area (Å²) >= 11 is 0. The molecular formula is C13H19NO3. The van der Waals surface area contributed by atoms with E-state index < -0.39 is 11.9 Å². The Hall–Kier alpha value is -1.55. The molecule has 0 aliphatic rings. The molecule has 0 spiro atoms. The van der Waals surface area contributed by atoms with Gasteiger partial charge in [0.15, 0.2) is 0 Å². The third-order valence-electron chi connectivity index (χ3n) is 2.79. The summed E-state index contributed by atoms with van der Waals surface area (Å²) in [6.45, 7) is 2.44. The summed E-state index contributed by atoms with van der Waals surface area (Å²) < 4.78 is 5.23. The molecule has 0 heterocycles. The van der Waals surface area contributed by atoms with Crippen LogP contribution in [-0.2, 0) is 11.2 Å². The van der Waals surface area contributed by atoms with Gasteiger partial charge in [0, 0.05) is 6.54 Å². The van der Waals surface area contributed by atoms with Crippen molar-refractivity contribution in [2.75, 3.05) is 20.7 Å². The predicted molar refractivity (Wildman–Crippen MR) is 66.7 cm³/mol. The van der Waals surface area contributed by atoms with Crippen LogP contribution in [0.25, 0.3) is 0 Å². The van der Waals surface area contributed by atoms with Gasteiger partial charge in [0.1, 0.15) is 5.75 Å². The molecule has 0 saturated heterocycles. The Morgan fingerprint density at radius 1 is 1.53 bits per heavy atom. The van der Waals surface area contributed by atoms with Gasteiger partial charge in [-0.05, 0) is 30.7 Å². The lowest BCUT2D eigenvalue weighted by Gasteiger charge is -2.15. The van der Waals surface area contributed by atoms with Crippen LogP contribution in [-0.4, -0.2) is 31.8 Å².